The van der Waals surface area contributed by atoms with Crippen LogP contribution >= 0.6 is 0 Å². The second-order valence-corrected chi connectivity index (χ2v) is 34.8. The third kappa shape index (κ3) is 13.9. The lowest BCUT2D eigenvalue weighted by Crippen LogP contribution is -2.41. The fraction of sp³-hybridized carbons (Fsp3) is 0.423. The molecule has 6 aliphatic rings. The zero-order valence-corrected chi connectivity index (χ0v) is 55.4. The first-order valence-corrected chi connectivity index (χ1v) is 38.0. The number of rotatable bonds is 17. The normalized spacial score (nSPS) is 23.1. The number of nitriles is 3. The lowest BCUT2D eigenvalue weighted by Gasteiger charge is -2.22. The van der Waals surface area contributed by atoms with E-state index >= 15 is 0 Å². The molecule has 3 unspecified atom stereocenters. The monoisotopic (exact) mass is 1290 g/mol. The third-order valence-corrected chi connectivity index (χ3v) is 23.5. The van der Waals surface area contributed by atoms with Crippen molar-refractivity contribution in [2.45, 2.75) is 147 Å². The van der Waals surface area contributed by atoms with Gasteiger partial charge in [-0.2, -0.15) is 15.8 Å². The maximum absolute atomic E-state index is 13.5. The molecule has 486 valence electrons. The SMILES string of the molecule is C[Si](C)(C)CCOCn1c(=O)c2ccccc2c2ccc(CC(C#N)NC(=O)[C@H]3C[C@@H]4CC[C@H]3C4)cc21.N#CC(Cc1ccc2c(c1)[nH]c(=O)c1ccccc12)NC(=O)[C@H]1C[C@@H]2CC[C@H]1C2.N#CC(Cc1cccc2[nH]c(=O)c3ccccc3c12)NC(=O)[C@H]1C[C@@H]2CC[C@H]1C2. The summed E-state index contributed by atoms with van der Waals surface area (Å²) < 4.78 is 7.71. The summed E-state index contributed by atoms with van der Waals surface area (Å²) in [5.41, 5.74) is 4.78. The molecule has 17 heteroatoms. The summed E-state index contributed by atoms with van der Waals surface area (Å²) in [5, 5.41) is 45.7. The minimum Gasteiger partial charge on any atom is -0.361 e. The molecule has 0 saturated heterocycles. The van der Waals surface area contributed by atoms with E-state index < -0.39 is 26.2 Å². The second-order valence-electron chi connectivity index (χ2n) is 29.2. The average molecular weight is 1290 g/mol. The van der Waals surface area contributed by atoms with Gasteiger partial charge in [-0.05, 0) is 169 Å². The van der Waals surface area contributed by atoms with Crippen LogP contribution in [0.3, 0.4) is 0 Å². The molecule has 6 fully saturated rings. The fourth-order valence-electron chi connectivity index (χ4n) is 17.0. The predicted molar refractivity (Wildman–Crippen MR) is 375 cm³/mol. The quantitative estimate of drug-likeness (QED) is 0.0327. The molecule has 5 N–H and O–H groups in total. The van der Waals surface area contributed by atoms with E-state index in [0.717, 1.165) is 123 Å². The lowest BCUT2D eigenvalue weighted by atomic mass is 9.88. The molecule has 95 heavy (non-hydrogen) atoms. The number of benzene rings is 6. The largest absolute Gasteiger partial charge is 0.361 e. The number of H-pyrrole nitrogens is 2. The molecule has 6 bridgehead atoms. The molecule has 3 aromatic heterocycles. The van der Waals surface area contributed by atoms with Crippen molar-refractivity contribution in [3.63, 3.8) is 0 Å². The first-order valence-electron chi connectivity index (χ1n) is 34.3. The minimum atomic E-state index is -1.24. The van der Waals surface area contributed by atoms with Gasteiger partial charge in [0, 0.05) is 95.0 Å². The highest BCUT2D eigenvalue weighted by atomic mass is 28.3. The van der Waals surface area contributed by atoms with Gasteiger partial charge in [0.05, 0.1) is 23.7 Å². The van der Waals surface area contributed by atoms with Crippen molar-refractivity contribution in [3.8, 4) is 18.2 Å². The molecular weight excluding hydrogens is 1200 g/mol. The molecule has 6 aliphatic carbocycles. The zero-order valence-electron chi connectivity index (χ0n) is 54.4. The Balaban J connectivity index is 0.000000130. The van der Waals surface area contributed by atoms with Gasteiger partial charge in [-0.15, -0.1) is 0 Å². The maximum atomic E-state index is 13.5. The average Bonchev–Trinajstić information content (AvgIpc) is 1.76. The van der Waals surface area contributed by atoms with E-state index in [4.69, 9.17) is 4.74 Å². The van der Waals surface area contributed by atoms with Crippen LogP contribution < -0.4 is 32.6 Å². The van der Waals surface area contributed by atoms with E-state index in [1.54, 1.807) is 4.57 Å². The standard InChI is InChI=1S/C30H37N3O3Si.2C24H23N3O2/c1-37(2,3)13-12-36-19-33-28-17-21(9-11-25(28)24-6-4-5-7-26(24)30(33)35)15-23(18-31)32-29(34)27-16-20-8-10-22(27)14-20;25-13-17(26-24(29)20-11-14-8-9-15(20)10-14)12-16-4-3-7-21-22(16)18-5-1-2-6-19(18)23(28)27-21;25-13-17(26-24(29)21-11-14-5-7-16(21)9-14)10-15-6-8-19-18-3-1-2-4-20(18)23(28)27-22(19)12-15/h4-7,9,11,17,20,22-23,27H,8,10,12-16,19H2,1-3H3,(H,32,34);1-7,14-15,17,20H,8-12H2,(H,26,29)(H,27,28);1-4,6,8,12,14,16-17,21H,5,7,9-11H2,(H,26,29)(H,27,28)/t20-,22+,23?,27+;14-,15+,17?,20+;14-,16+,17?,21+/m111/s1. The van der Waals surface area contributed by atoms with Crippen molar-refractivity contribution in [1.82, 2.24) is 30.5 Å². The van der Waals surface area contributed by atoms with Crippen molar-refractivity contribution in [3.05, 3.63) is 175 Å². The number of fused-ring (bicyclic) bond motifs is 15. The van der Waals surface area contributed by atoms with Crippen LogP contribution in [0, 0.1) is 87.3 Å². The maximum Gasteiger partial charge on any atom is 0.260 e. The molecule has 0 spiro atoms. The Labute approximate surface area is 553 Å². The van der Waals surface area contributed by atoms with Crippen molar-refractivity contribution in [2.75, 3.05) is 6.61 Å². The van der Waals surface area contributed by atoms with E-state index in [2.05, 4.69) is 63.8 Å². The third-order valence-electron chi connectivity index (χ3n) is 21.8. The molecule has 9 aromatic rings. The number of amides is 3. The van der Waals surface area contributed by atoms with Crippen LogP contribution in [-0.2, 0) is 45.1 Å². The van der Waals surface area contributed by atoms with Gasteiger partial charge in [0.15, 0.2) is 0 Å². The number of nitrogens with one attached hydrogen (secondary N) is 5. The Morgan fingerprint density at radius 1 is 0.505 bits per heavy atom. The zero-order chi connectivity index (χ0) is 66.1. The van der Waals surface area contributed by atoms with Crippen molar-refractivity contribution >= 4 is 90.8 Å². The number of pyridine rings is 3. The Hall–Kier alpha value is -9.21. The van der Waals surface area contributed by atoms with Gasteiger partial charge in [-0.3, -0.25) is 33.3 Å². The first-order chi connectivity index (χ1) is 46.0. The Bertz CT molecular complexity index is 4770. The highest BCUT2D eigenvalue weighted by molar-refractivity contribution is 6.76. The topological polar surface area (TPSA) is 256 Å². The molecule has 3 amide bonds. The number of nitrogens with zero attached hydrogens (tertiary/aromatic N) is 4. The highest BCUT2D eigenvalue weighted by Crippen LogP contribution is 2.50. The van der Waals surface area contributed by atoms with Crippen LogP contribution in [0.2, 0.25) is 25.7 Å². The molecule has 15 rings (SSSR count). The molecule has 0 radical (unpaired) electrons. The number of carbonyl (C=O) groups is 3. The van der Waals surface area contributed by atoms with E-state index in [9.17, 15) is 44.6 Å². The summed E-state index contributed by atoms with van der Waals surface area (Å²) in [4.78, 5) is 82.5. The number of ether oxygens (including phenoxy) is 1. The van der Waals surface area contributed by atoms with Gasteiger partial charge in [0.25, 0.3) is 16.7 Å². The molecule has 6 saturated carbocycles. The molecule has 12 atom stereocenters. The Morgan fingerprint density at radius 2 is 0.958 bits per heavy atom. The number of hydrogen-bond acceptors (Lipinski definition) is 10. The highest BCUT2D eigenvalue weighted by Gasteiger charge is 2.46. The fourth-order valence-corrected chi connectivity index (χ4v) is 17.8. The number of hydrogen-bond donors (Lipinski definition) is 5. The van der Waals surface area contributed by atoms with Crippen molar-refractivity contribution in [2.24, 2.45) is 53.3 Å². The minimum absolute atomic E-state index is 0.0261. The van der Waals surface area contributed by atoms with Crippen LogP contribution in [0.25, 0.3) is 65.0 Å². The summed E-state index contributed by atoms with van der Waals surface area (Å²) in [6.07, 6.45) is 14.8. The molecule has 6 aromatic carbocycles. The van der Waals surface area contributed by atoms with Crippen molar-refractivity contribution in [1.29, 1.82) is 15.8 Å². The molecular formula is C78H83N9O7Si. The van der Waals surface area contributed by atoms with Crippen LogP contribution in [0.4, 0.5) is 0 Å². The number of aromatic nitrogens is 3. The lowest BCUT2D eigenvalue weighted by molar-refractivity contribution is -0.127. The summed E-state index contributed by atoms with van der Waals surface area (Å²) in [6.45, 7) is 7.74. The van der Waals surface area contributed by atoms with Crippen LogP contribution in [0.5, 0.6) is 0 Å². The summed E-state index contributed by atoms with van der Waals surface area (Å²) in [7, 11) is -1.24. The van der Waals surface area contributed by atoms with Gasteiger partial charge < -0.3 is 30.7 Å². The molecule has 0 aliphatic heterocycles. The summed E-state index contributed by atoms with van der Waals surface area (Å²) in [6, 6.07) is 46.4. The van der Waals surface area contributed by atoms with Crippen molar-refractivity contribution < 1.29 is 19.1 Å². The van der Waals surface area contributed by atoms with Gasteiger partial charge in [-0.1, -0.05) is 130 Å². The van der Waals surface area contributed by atoms with E-state index in [-0.39, 0.29) is 58.9 Å². The smallest absolute Gasteiger partial charge is 0.260 e. The van der Waals surface area contributed by atoms with E-state index in [0.29, 0.717) is 77.5 Å². The second kappa shape index (κ2) is 27.6. The van der Waals surface area contributed by atoms with E-state index in [1.165, 1.54) is 25.7 Å². The van der Waals surface area contributed by atoms with Crippen LogP contribution in [-0.4, -0.2) is 65.1 Å². The van der Waals surface area contributed by atoms with Gasteiger partial charge in [0.2, 0.25) is 17.7 Å². The first kappa shape index (κ1) is 64.5. The predicted octanol–water partition coefficient (Wildman–Crippen LogP) is 12.8. The Morgan fingerprint density at radius 3 is 1.45 bits per heavy atom. The van der Waals surface area contributed by atoms with E-state index in [1.807, 2.05) is 127 Å². The van der Waals surface area contributed by atoms with Gasteiger partial charge in [0.1, 0.15) is 24.9 Å². The molecule has 16 nitrogen and oxygen atoms in total. The number of carbonyl (C=O) groups excluding carboxylic acids is 3. The summed E-state index contributed by atoms with van der Waals surface area (Å²) in [5.74, 6) is 3.82. The summed E-state index contributed by atoms with van der Waals surface area (Å²) >= 11 is 0. The number of aromatic amines is 2. The van der Waals surface area contributed by atoms with Gasteiger partial charge in [-0.25, -0.2) is 0 Å². The van der Waals surface area contributed by atoms with Crippen LogP contribution in [0.1, 0.15) is 93.7 Å². The Kier molecular flexibility index (Phi) is 18.8. The molecule has 3 heterocycles. The van der Waals surface area contributed by atoms with Gasteiger partial charge >= 0.3 is 0 Å². The van der Waals surface area contributed by atoms with Crippen LogP contribution in [0.15, 0.2) is 142 Å².